The molecule has 0 aromatic rings. The molecule has 2 aliphatic rings. The van der Waals surface area contributed by atoms with Crippen LogP contribution in [0.1, 0.15) is 57.8 Å². The highest BCUT2D eigenvalue weighted by atomic mass is 16.2. The Balaban J connectivity index is 1.81. The Morgan fingerprint density at radius 3 is 2.50 bits per heavy atom. The molecule has 3 heteroatoms. The van der Waals surface area contributed by atoms with Gasteiger partial charge in [0.05, 0.1) is 12.0 Å². The third kappa shape index (κ3) is 3.73. The molecule has 1 aliphatic heterocycles. The van der Waals surface area contributed by atoms with Crippen molar-refractivity contribution in [2.45, 2.75) is 57.8 Å². The van der Waals surface area contributed by atoms with Gasteiger partial charge in [-0.2, -0.15) is 5.26 Å². The highest BCUT2D eigenvalue weighted by molar-refractivity contribution is 5.76. The zero-order chi connectivity index (χ0) is 12.8. The van der Waals surface area contributed by atoms with E-state index in [1.165, 1.54) is 38.5 Å². The molecule has 0 radical (unpaired) electrons. The molecule has 1 unspecified atom stereocenters. The van der Waals surface area contributed by atoms with Crippen molar-refractivity contribution < 1.29 is 4.79 Å². The van der Waals surface area contributed by atoms with Crippen LogP contribution in [0, 0.1) is 23.2 Å². The molecule has 3 nitrogen and oxygen atoms in total. The summed E-state index contributed by atoms with van der Waals surface area (Å²) in [5.74, 6) is 0.959. The normalized spacial score (nSPS) is 26.4. The molecule has 1 saturated carbocycles. The minimum atomic E-state index is 0.0665. The van der Waals surface area contributed by atoms with Gasteiger partial charge in [0.1, 0.15) is 0 Å². The van der Waals surface area contributed by atoms with Crippen molar-refractivity contribution in [1.82, 2.24) is 4.90 Å². The topological polar surface area (TPSA) is 44.1 Å². The Hall–Kier alpha value is -1.04. The fourth-order valence-corrected chi connectivity index (χ4v) is 3.25. The van der Waals surface area contributed by atoms with Crippen LogP contribution in [-0.2, 0) is 4.79 Å². The van der Waals surface area contributed by atoms with Crippen LogP contribution in [0.2, 0.25) is 0 Å². The van der Waals surface area contributed by atoms with Gasteiger partial charge in [-0.1, -0.05) is 25.7 Å². The van der Waals surface area contributed by atoms with E-state index in [2.05, 4.69) is 6.07 Å². The summed E-state index contributed by atoms with van der Waals surface area (Å²) in [5, 5.41) is 8.96. The highest BCUT2D eigenvalue weighted by Gasteiger charge is 2.25. The first-order valence-corrected chi connectivity index (χ1v) is 7.47. The summed E-state index contributed by atoms with van der Waals surface area (Å²) in [7, 11) is 0. The average Bonchev–Trinajstić information content (AvgIpc) is 2.67. The second kappa shape index (κ2) is 6.78. The minimum absolute atomic E-state index is 0.0665. The predicted molar refractivity (Wildman–Crippen MR) is 70.7 cm³/mol. The molecule has 18 heavy (non-hydrogen) atoms. The molecule has 2 rings (SSSR count). The van der Waals surface area contributed by atoms with Crippen LogP contribution in [-0.4, -0.2) is 23.9 Å². The summed E-state index contributed by atoms with van der Waals surface area (Å²) in [6, 6.07) is 2.31. The number of nitriles is 1. The molecule has 2 fully saturated rings. The average molecular weight is 248 g/mol. The maximum absolute atomic E-state index is 12.3. The number of piperidine rings is 1. The van der Waals surface area contributed by atoms with Gasteiger partial charge < -0.3 is 4.90 Å². The zero-order valence-corrected chi connectivity index (χ0v) is 11.2. The molecule has 0 N–H and O–H groups in total. The summed E-state index contributed by atoms with van der Waals surface area (Å²) in [6.07, 6.45) is 10.4. The molecule has 0 spiro atoms. The van der Waals surface area contributed by atoms with E-state index >= 15 is 0 Å². The third-order valence-electron chi connectivity index (χ3n) is 4.39. The lowest BCUT2D eigenvalue weighted by Gasteiger charge is -2.30. The number of carbonyl (C=O) groups excluding carboxylic acids is 1. The molecular formula is C15H24N2O. The first-order chi connectivity index (χ1) is 8.79. The van der Waals surface area contributed by atoms with Gasteiger partial charge in [-0.05, 0) is 31.6 Å². The Labute approximate surface area is 110 Å². The van der Waals surface area contributed by atoms with Gasteiger partial charge in [-0.25, -0.2) is 0 Å². The third-order valence-corrected chi connectivity index (χ3v) is 4.39. The van der Waals surface area contributed by atoms with Crippen molar-refractivity contribution in [3.63, 3.8) is 0 Å². The number of hydrogen-bond acceptors (Lipinski definition) is 2. The van der Waals surface area contributed by atoms with E-state index in [1.54, 1.807) is 0 Å². The van der Waals surface area contributed by atoms with E-state index in [-0.39, 0.29) is 5.92 Å². The molecule has 1 amide bonds. The fraction of sp³-hybridized carbons (Fsp3) is 0.867. The number of rotatable bonds is 2. The van der Waals surface area contributed by atoms with E-state index in [9.17, 15) is 4.79 Å². The number of likely N-dealkylation sites (tertiary alicyclic amines) is 1. The van der Waals surface area contributed by atoms with Crippen molar-refractivity contribution in [3.8, 4) is 6.07 Å². The molecule has 0 bridgehead atoms. The summed E-state index contributed by atoms with van der Waals surface area (Å²) < 4.78 is 0. The number of amides is 1. The molecule has 1 atom stereocenters. The predicted octanol–water partition coefficient (Wildman–Crippen LogP) is 3.11. The summed E-state index contributed by atoms with van der Waals surface area (Å²) in [6.45, 7) is 1.53. The molecule has 1 saturated heterocycles. The van der Waals surface area contributed by atoms with E-state index < -0.39 is 0 Å². The molecule has 0 aromatic heterocycles. The van der Waals surface area contributed by atoms with E-state index in [1.807, 2.05) is 4.90 Å². The monoisotopic (exact) mass is 248 g/mol. The van der Waals surface area contributed by atoms with Crippen LogP contribution in [0.15, 0.2) is 0 Å². The quantitative estimate of drug-likeness (QED) is 0.705. The lowest BCUT2D eigenvalue weighted by atomic mass is 9.94. The van der Waals surface area contributed by atoms with Gasteiger partial charge in [0.25, 0.3) is 0 Å². The van der Waals surface area contributed by atoms with Gasteiger partial charge in [0.15, 0.2) is 0 Å². The number of nitrogens with zero attached hydrogens (tertiary/aromatic N) is 2. The van der Waals surface area contributed by atoms with E-state index in [0.29, 0.717) is 18.4 Å². The van der Waals surface area contributed by atoms with Crippen LogP contribution in [0.25, 0.3) is 0 Å². The number of hydrogen-bond donors (Lipinski definition) is 0. The number of carbonyl (C=O) groups is 1. The summed E-state index contributed by atoms with van der Waals surface area (Å²) in [5.41, 5.74) is 0. The van der Waals surface area contributed by atoms with Gasteiger partial charge in [0.2, 0.25) is 5.91 Å². The molecule has 100 valence electrons. The van der Waals surface area contributed by atoms with Crippen molar-refractivity contribution in [2.75, 3.05) is 13.1 Å². The summed E-state index contributed by atoms with van der Waals surface area (Å²) in [4.78, 5) is 14.2. The summed E-state index contributed by atoms with van der Waals surface area (Å²) >= 11 is 0. The molecule has 1 heterocycles. The Kier molecular flexibility index (Phi) is 5.04. The maximum Gasteiger partial charge on any atom is 0.222 e. The second-order valence-electron chi connectivity index (χ2n) is 5.87. The Morgan fingerprint density at radius 2 is 1.83 bits per heavy atom. The van der Waals surface area contributed by atoms with Crippen molar-refractivity contribution >= 4 is 5.91 Å². The smallest absolute Gasteiger partial charge is 0.222 e. The maximum atomic E-state index is 12.3. The minimum Gasteiger partial charge on any atom is -0.341 e. The van der Waals surface area contributed by atoms with Gasteiger partial charge in [-0.3, -0.25) is 4.79 Å². The Bertz CT molecular complexity index is 313. The van der Waals surface area contributed by atoms with Crippen LogP contribution in [0.5, 0.6) is 0 Å². The SMILES string of the molecule is N#CC1CCCN(C(=O)CC2CCCCCC2)C1. The lowest BCUT2D eigenvalue weighted by molar-refractivity contribution is -0.133. The first kappa shape index (κ1) is 13.4. The standard InChI is InChI=1S/C15H24N2O/c16-11-14-8-5-9-17(12-14)15(18)10-13-6-3-1-2-4-7-13/h13-14H,1-10,12H2. The van der Waals surface area contributed by atoms with Crippen molar-refractivity contribution in [3.05, 3.63) is 0 Å². The van der Waals surface area contributed by atoms with Gasteiger partial charge in [-0.15, -0.1) is 0 Å². The second-order valence-corrected chi connectivity index (χ2v) is 5.87. The fourth-order valence-electron chi connectivity index (χ4n) is 3.25. The largest absolute Gasteiger partial charge is 0.341 e. The first-order valence-electron chi connectivity index (χ1n) is 7.47. The van der Waals surface area contributed by atoms with Crippen LogP contribution < -0.4 is 0 Å². The van der Waals surface area contributed by atoms with Crippen LogP contribution in [0.3, 0.4) is 0 Å². The van der Waals surface area contributed by atoms with E-state index in [4.69, 9.17) is 5.26 Å². The van der Waals surface area contributed by atoms with Crippen LogP contribution in [0.4, 0.5) is 0 Å². The van der Waals surface area contributed by atoms with Gasteiger partial charge >= 0.3 is 0 Å². The molecule has 0 aromatic carbocycles. The highest BCUT2D eigenvalue weighted by Crippen LogP contribution is 2.27. The lowest BCUT2D eigenvalue weighted by Crippen LogP contribution is -2.40. The van der Waals surface area contributed by atoms with Gasteiger partial charge in [0, 0.05) is 19.5 Å². The Morgan fingerprint density at radius 1 is 1.11 bits per heavy atom. The molecule has 1 aliphatic carbocycles. The van der Waals surface area contributed by atoms with Crippen LogP contribution >= 0.6 is 0 Å². The van der Waals surface area contributed by atoms with Crippen molar-refractivity contribution in [2.24, 2.45) is 11.8 Å². The van der Waals surface area contributed by atoms with E-state index in [0.717, 1.165) is 25.8 Å². The zero-order valence-electron chi connectivity index (χ0n) is 11.2. The van der Waals surface area contributed by atoms with Crippen molar-refractivity contribution in [1.29, 1.82) is 5.26 Å². The molecular weight excluding hydrogens is 224 g/mol.